The zero-order valence-electron chi connectivity index (χ0n) is 16.5. The van der Waals surface area contributed by atoms with Crippen LogP contribution in [-0.2, 0) is 4.79 Å². The number of aliphatic hydroxyl groups is 1. The topological polar surface area (TPSA) is 63.3 Å². The van der Waals surface area contributed by atoms with E-state index < -0.39 is 0 Å². The van der Waals surface area contributed by atoms with E-state index in [1.807, 2.05) is 0 Å². The third-order valence-corrected chi connectivity index (χ3v) is 10.2. The van der Waals surface area contributed by atoms with Crippen LogP contribution in [0.2, 0.25) is 0 Å². The van der Waals surface area contributed by atoms with Crippen molar-refractivity contribution in [2.24, 2.45) is 46.2 Å². The molecule has 0 radical (unpaired) electrons. The molecule has 148 valence electrons. The van der Waals surface area contributed by atoms with Crippen LogP contribution in [0.5, 0.6) is 0 Å². The number of carbonyl (C=O) groups is 1. The quantitative estimate of drug-likeness (QED) is 0.662. The van der Waals surface area contributed by atoms with E-state index in [-0.39, 0.29) is 22.3 Å². The Hall–Kier alpha value is 0.0700. The van der Waals surface area contributed by atoms with Crippen molar-refractivity contribution in [2.75, 3.05) is 11.9 Å². The summed E-state index contributed by atoms with van der Waals surface area (Å²) in [7, 11) is 0. The minimum atomic E-state index is -0.186. The molecular weight excluding hydrogens is 390 g/mol. The number of hydrogen-bond donors (Lipinski definition) is 2. The lowest BCUT2D eigenvalue weighted by Gasteiger charge is -2.66. The second-order valence-electron chi connectivity index (χ2n) is 10.5. The number of hydrogen-bond acceptors (Lipinski definition) is 3. The molecule has 3 nitrogen and oxygen atoms in total. The van der Waals surface area contributed by atoms with Gasteiger partial charge in [0.15, 0.2) is 0 Å². The molecule has 4 aliphatic rings. The summed E-state index contributed by atoms with van der Waals surface area (Å²) in [5.41, 5.74) is 7.22. The summed E-state index contributed by atoms with van der Waals surface area (Å²) in [6.07, 6.45) is 10.2. The highest BCUT2D eigenvalue weighted by Gasteiger charge is 2.67. The van der Waals surface area contributed by atoms with E-state index in [0.717, 1.165) is 44.4 Å². The fourth-order valence-corrected chi connectivity index (χ4v) is 8.78. The van der Waals surface area contributed by atoms with Crippen LogP contribution in [0.1, 0.15) is 71.6 Å². The molecule has 0 aromatic carbocycles. The van der Waals surface area contributed by atoms with Crippen molar-refractivity contribution >= 4 is 21.7 Å². The minimum Gasteiger partial charge on any atom is -0.396 e. The highest BCUT2D eigenvalue weighted by molar-refractivity contribution is 9.09. The fraction of sp³-hybridized carbons (Fsp3) is 0.955. The summed E-state index contributed by atoms with van der Waals surface area (Å²) >= 11 is 3.40. The maximum absolute atomic E-state index is 12.6. The van der Waals surface area contributed by atoms with Crippen molar-refractivity contribution in [1.82, 2.24) is 0 Å². The second-order valence-corrected chi connectivity index (χ2v) is 11.1. The summed E-state index contributed by atoms with van der Waals surface area (Å²) in [6.45, 7) is 5.03. The third kappa shape index (κ3) is 2.47. The van der Waals surface area contributed by atoms with E-state index in [4.69, 9.17) is 5.73 Å². The molecule has 4 heteroatoms. The third-order valence-electron chi connectivity index (χ3n) is 9.64. The van der Waals surface area contributed by atoms with Gasteiger partial charge in [0, 0.05) is 23.5 Å². The van der Waals surface area contributed by atoms with Gasteiger partial charge in [-0.25, -0.2) is 0 Å². The lowest BCUT2D eigenvalue weighted by molar-refractivity contribution is -0.159. The predicted octanol–water partition coefficient (Wildman–Crippen LogP) is 4.30. The van der Waals surface area contributed by atoms with Crippen LogP contribution in [0.4, 0.5) is 0 Å². The number of fused-ring (bicyclic) bond motifs is 5. The lowest BCUT2D eigenvalue weighted by Crippen LogP contribution is -2.69. The van der Waals surface area contributed by atoms with Gasteiger partial charge >= 0.3 is 0 Å². The van der Waals surface area contributed by atoms with E-state index in [1.54, 1.807) is 0 Å². The Bertz CT molecular complexity index is 582. The number of halogens is 1. The zero-order chi connectivity index (χ0) is 18.7. The largest absolute Gasteiger partial charge is 0.396 e. The van der Waals surface area contributed by atoms with E-state index in [9.17, 15) is 9.90 Å². The molecule has 0 heterocycles. The number of carbonyl (C=O) groups excluding carboxylic acids is 1. The molecule has 0 saturated heterocycles. The van der Waals surface area contributed by atoms with Gasteiger partial charge in [-0.3, -0.25) is 4.79 Å². The Morgan fingerprint density at radius 3 is 2.58 bits per heavy atom. The molecule has 8 atom stereocenters. The lowest BCUT2D eigenvalue weighted by atomic mass is 9.41. The van der Waals surface area contributed by atoms with Crippen LogP contribution in [0.3, 0.4) is 0 Å². The van der Waals surface area contributed by atoms with Crippen molar-refractivity contribution < 1.29 is 9.90 Å². The number of ketones is 1. The molecule has 4 rings (SSSR count). The van der Waals surface area contributed by atoms with Crippen molar-refractivity contribution in [3.05, 3.63) is 0 Å². The maximum Gasteiger partial charge on any atom is 0.147 e. The molecule has 0 aromatic heterocycles. The average molecular weight is 426 g/mol. The van der Waals surface area contributed by atoms with Crippen LogP contribution in [-0.4, -0.2) is 28.4 Å². The maximum atomic E-state index is 12.6. The normalized spacial score (nSPS) is 53.5. The smallest absolute Gasteiger partial charge is 0.147 e. The van der Waals surface area contributed by atoms with Crippen molar-refractivity contribution in [2.45, 2.75) is 77.2 Å². The van der Waals surface area contributed by atoms with Crippen LogP contribution in [0.25, 0.3) is 0 Å². The number of nitrogens with two attached hydrogens (primary N) is 1. The first-order chi connectivity index (χ1) is 12.3. The molecule has 4 saturated carbocycles. The first kappa shape index (κ1) is 19.4. The second kappa shape index (κ2) is 6.56. The van der Waals surface area contributed by atoms with Crippen LogP contribution in [0.15, 0.2) is 0 Å². The molecule has 26 heavy (non-hydrogen) atoms. The molecule has 4 fully saturated rings. The van der Waals surface area contributed by atoms with Crippen LogP contribution in [0, 0.1) is 40.4 Å². The number of Topliss-reactive ketones (excluding diaryl/α,β-unsaturated/α-hetero) is 1. The standard InChI is InChI=1S/C22H36BrNO2/c1-14-5-9-21(13-25)15(11-14)6-10-22(24)18-4-3-16(17(26)12-23)20(18,2)8-7-19(21)22/h14-16,18-19,25H,3-13,24H2,1-2H3/t14-,15?,16+,18+,19+,20?,21?,22?/m0/s1. The fourth-order valence-electron chi connectivity index (χ4n) is 8.39. The monoisotopic (exact) mass is 425 g/mol. The number of alkyl halides is 1. The summed E-state index contributed by atoms with van der Waals surface area (Å²) in [5.74, 6) is 2.83. The van der Waals surface area contributed by atoms with Crippen molar-refractivity contribution in [1.29, 1.82) is 0 Å². The SMILES string of the molecule is C[C@H]1CCC2(CO)C(CCC3(N)[C@@H]2CCC2(C)[C@@H](C(=O)CBr)CC[C@H]23)C1. The van der Waals surface area contributed by atoms with Gasteiger partial charge in [0.2, 0.25) is 0 Å². The van der Waals surface area contributed by atoms with Gasteiger partial charge in [-0.15, -0.1) is 0 Å². The predicted molar refractivity (Wildman–Crippen MR) is 108 cm³/mol. The Morgan fingerprint density at radius 1 is 1.12 bits per heavy atom. The van der Waals surface area contributed by atoms with E-state index >= 15 is 0 Å². The van der Waals surface area contributed by atoms with Crippen LogP contribution < -0.4 is 5.73 Å². The first-order valence-electron chi connectivity index (χ1n) is 10.8. The van der Waals surface area contributed by atoms with E-state index in [2.05, 4.69) is 29.8 Å². The Balaban J connectivity index is 1.69. The molecule has 0 spiro atoms. The zero-order valence-corrected chi connectivity index (χ0v) is 18.1. The highest BCUT2D eigenvalue weighted by Crippen LogP contribution is 2.68. The van der Waals surface area contributed by atoms with Gasteiger partial charge in [-0.1, -0.05) is 36.2 Å². The van der Waals surface area contributed by atoms with Crippen molar-refractivity contribution in [3.8, 4) is 0 Å². The summed E-state index contributed by atoms with van der Waals surface area (Å²) in [5, 5.41) is 11.1. The van der Waals surface area contributed by atoms with Crippen LogP contribution >= 0.6 is 15.9 Å². The number of rotatable bonds is 3. The van der Waals surface area contributed by atoms with Gasteiger partial charge in [0.25, 0.3) is 0 Å². The molecule has 0 bridgehead atoms. The molecule has 3 N–H and O–H groups in total. The van der Waals surface area contributed by atoms with Gasteiger partial charge < -0.3 is 10.8 Å². The first-order valence-corrected chi connectivity index (χ1v) is 11.9. The Kier molecular flexibility index (Phi) is 4.89. The molecule has 0 aromatic rings. The summed E-state index contributed by atoms with van der Waals surface area (Å²) in [4.78, 5) is 12.6. The van der Waals surface area contributed by atoms with Gasteiger partial charge in [0.1, 0.15) is 5.78 Å². The summed E-state index contributed by atoms with van der Waals surface area (Å²) < 4.78 is 0. The van der Waals surface area contributed by atoms with E-state index in [0.29, 0.717) is 35.5 Å². The van der Waals surface area contributed by atoms with E-state index in [1.165, 1.54) is 19.3 Å². The van der Waals surface area contributed by atoms with Gasteiger partial charge in [0.05, 0.1) is 5.33 Å². The van der Waals surface area contributed by atoms with Gasteiger partial charge in [-0.2, -0.15) is 0 Å². The number of aliphatic hydroxyl groups excluding tert-OH is 1. The highest BCUT2D eigenvalue weighted by atomic mass is 79.9. The molecule has 0 aliphatic heterocycles. The molecule has 4 aliphatic carbocycles. The molecular formula is C22H36BrNO2. The van der Waals surface area contributed by atoms with Crippen molar-refractivity contribution in [3.63, 3.8) is 0 Å². The average Bonchev–Trinajstić information content (AvgIpc) is 2.99. The van der Waals surface area contributed by atoms with Gasteiger partial charge in [-0.05, 0) is 80.5 Å². The molecule has 0 amide bonds. The molecule has 4 unspecified atom stereocenters. The Labute approximate surface area is 167 Å². The minimum absolute atomic E-state index is 0.0400. The summed E-state index contributed by atoms with van der Waals surface area (Å²) in [6, 6.07) is 0. The Morgan fingerprint density at radius 2 is 1.88 bits per heavy atom.